The number of carbonyl (C=O) groups is 2. The second-order valence-corrected chi connectivity index (χ2v) is 7.86. The summed E-state index contributed by atoms with van der Waals surface area (Å²) in [5, 5.41) is 14.0. The summed E-state index contributed by atoms with van der Waals surface area (Å²) in [6.07, 6.45) is -0.199. The van der Waals surface area contributed by atoms with E-state index >= 15 is 0 Å². The molecular formula is C23H27N3O3. The first kappa shape index (κ1) is 22.0. The molecule has 2 N–H and O–H groups in total. The van der Waals surface area contributed by atoms with Crippen LogP contribution in [0.1, 0.15) is 43.9 Å². The highest BCUT2D eigenvalue weighted by molar-refractivity contribution is 5.92. The third kappa shape index (κ3) is 6.65. The molecule has 0 bridgehead atoms. The third-order valence-electron chi connectivity index (χ3n) is 4.31. The number of nitrogens with zero attached hydrogens (tertiary/aromatic N) is 1. The number of anilines is 1. The van der Waals surface area contributed by atoms with Gasteiger partial charge >= 0.3 is 0 Å². The Labute approximate surface area is 171 Å². The fourth-order valence-electron chi connectivity index (χ4n) is 2.81. The maximum Gasteiger partial charge on any atom is 0.262 e. The zero-order valence-corrected chi connectivity index (χ0v) is 17.3. The van der Waals surface area contributed by atoms with Gasteiger partial charge in [0.1, 0.15) is 12.2 Å². The molecule has 2 amide bonds. The minimum absolute atomic E-state index is 0.105. The Bertz CT molecular complexity index is 924. The maximum absolute atomic E-state index is 12.4. The van der Waals surface area contributed by atoms with Gasteiger partial charge in [-0.15, -0.1) is 0 Å². The van der Waals surface area contributed by atoms with Crippen LogP contribution in [-0.4, -0.2) is 18.4 Å². The minimum Gasteiger partial charge on any atom is -0.483 e. The molecule has 6 heteroatoms. The molecule has 0 aliphatic rings. The number of carbonyl (C=O) groups excluding carboxylic acids is 2. The lowest BCUT2D eigenvalue weighted by Crippen LogP contribution is -2.25. The van der Waals surface area contributed by atoms with Gasteiger partial charge in [-0.05, 0) is 35.6 Å². The summed E-state index contributed by atoms with van der Waals surface area (Å²) < 4.78 is 5.80. The molecule has 0 fully saturated rings. The molecule has 0 aliphatic heterocycles. The van der Waals surface area contributed by atoms with Gasteiger partial charge in [-0.3, -0.25) is 9.59 Å². The van der Waals surface area contributed by atoms with Crippen LogP contribution < -0.4 is 15.4 Å². The van der Waals surface area contributed by atoms with Crippen LogP contribution >= 0.6 is 0 Å². The average Bonchev–Trinajstić information content (AvgIpc) is 2.66. The number of nitrogens with one attached hydrogen (secondary N) is 2. The number of nitriles is 1. The second-order valence-electron chi connectivity index (χ2n) is 7.86. The second kappa shape index (κ2) is 9.74. The summed E-state index contributed by atoms with van der Waals surface area (Å²) in [5.41, 5.74) is 3.42. The van der Waals surface area contributed by atoms with Gasteiger partial charge in [0, 0.05) is 12.2 Å². The zero-order valence-electron chi connectivity index (χ0n) is 17.3. The lowest BCUT2D eigenvalue weighted by Gasteiger charge is -2.23. The summed E-state index contributed by atoms with van der Waals surface area (Å²) in [7, 11) is 0. The van der Waals surface area contributed by atoms with E-state index in [-0.39, 0.29) is 36.8 Å². The smallest absolute Gasteiger partial charge is 0.262 e. The van der Waals surface area contributed by atoms with Crippen LogP contribution in [0.4, 0.5) is 5.69 Å². The van der Waals surface area contributed by atoms with Crippen LogP contribution in [0.15, 0.2) is 42.5 Å². The number of amides is 2. The fraction of sp³-hybridized carbons (Fsp3) is 0.348. The molecule has 0 radical (unpaired) electrons. The van der Waals surface area contributed by atoms with Gasteiger partial charge in [-0.1, -0.05) is 56.7 Å². The van der Waals surface area contributed by atoms with Crippen molar-refractivity contribution in [2.45, 2.75) is 46.1 Å². The van der Waals surface area contributed by atoms with E-state index in [0.717, 1.165) is 16.7 Å². The van der Waals surface area contributed by atoms with E-state index in [2.05, 4.69) is 37.5 Å². The Morgan fingerprint density at radius 1 is 1.10 bits per heavy atom. The van der Waals surface area contributed by atoms with Crippen molar-refractivity contribution in [3.8, 4) is 11.8 Å². The molecule has 2 aromatic carbocycles. The van der Waals surface area contributed by atoms with Crippen molar-refractivity contribution >= 4 is 17.5 Å². The Kier molecular flexibility index (Phi) is 7.38. The Hall–Kier alpha value is -3.33. The van der Waals surface area contributed by atoms with Gasteiger partial charge in [0.05, 0.1) is 6.07 Å². The average molecular weight is 393 g/mol. The van der Waals surface area contributed by atoms with Crippen LogP contribution in [0.3, 0.4) is 0 Å². The summed E-state index contributed by atoms with van der Waals surface area (Å²) in [6.45, 7) is 8.44. The molecule has 2 aromatic rings. The molecule has 0 heterocycles. The van der Waals surface area contributed by atoms with E-state index in [1.807, 2.05) is 25.1 Å². The summed E-state index contributed by atoms with van der Waals surface area (Å²) in [6, 6.07) is 14.9. The lowest BCUT2D eigenvalue weighted by molar-refractivity contribution is -0.120. The van der Waals surface area contributed by atoms with Crippen molar-refractivity contribution in [2.75, 3.05) is 11.9 Å². The highest BCUT2D eigenvalue weighted by Gasteiger charge is 2.20. The number of hydrogen-bond acceptors (Lipinski definition) is 4. The Balaban J connectivity index is 2.02. The van der Waals surface area contributed by atoms with Crippen molar-refractivity contribution in [3.05, 3.63) is 59.2 Å². The van der Waals surface area contributed by atoms with E-state index < -0.39 is 0 Å². The van der Waals surface area contributed by atoms with E-state index in [9.17, 15) is 9.59 Å². The quantitative estimate of drug-likeness (QED) is 0.748. The van der Waals surface area contributed by atoms with Crippen molar-refractivity contribution in [1.29, 1.82) is 5.26 Å². The van der Waals surface area contributed by atoms with Crippen molar-refractivity contribution in [1.82, 2.24) is 5.32 Å². The predicted molar refractivity (Wildman–Crippen MR) is 113 cm³/mol. The lowest BCUT2D eigenvalue weighted by atomic mass is 9.85. The molecule has 0 atom stereocenters. The Morgan fingerprint density at radius 2 is 1.83 bits per heavy atom. The van der Waals surface area contributed by atoms with E-state index in [1.54, 1.807) is 24.3 Å². The predicted octanol–water partition coefficient (Wildman–Crippen LogP) is 3.84. The molecule has 152 valence electrons. The first-order valence-corrected chi connectivity index (χ1v) is 9.46. The summed E-state index contributed by atoms with van der Waals surface area (Å²) in [5.74, 6) is 0.0441. The molecule has 0 unspecified atom stereocenters. The molecular weight excluding hydrogens is 366 g/mol. The molecule has 0 saturated carbocycles. The van der Waals surface area contributed by atoms with Crippen LogP contribution in [0.2, 0.25) is 0 Å². The van der Waals surface area contributed by atoms with Gasteiger partial charge in [-0.25, -0.2) is 0 Å². The first-order valence-electron chi connectivity index (χ1n) is 9.46. The number of para-hydroxylation sites is 1. The molecule has 2 rings (SSSR count). The number of hydrogen-bond donors (Lipinski definition) is 2. The third-order valence-corrected chi connectivity index (χ3v) is 4.31. The Morgan fingerprint density at radius 3 is 2.52 bits per heavy atom. The monoisotopic (exact) mass is 393 g/mol. The molecule has 0 aliphatic carbocycles. The summed E-state index contributed by atoms with van der Waals surface area (Å²) >= 11 is 0. The largest absolute Gasteiger partial charge is 0.483 e. The fourth-order valence-corrected chi connectivity index (χ4v) is 2.81. The zero-order chi connectivity index (χ0) is 21.4. The SMILES string of the molecule is Cc1ccc(OCC(=O)Nc2ccccc2CNC(=O)CC#N)c(C(C)(C)C)c1. The van der Waals surface area contributed by atoms with Gasteiger partial charge in [0.25, 0.3) is 5.91 Å². The molecule has 0 aromatic heterocycles. The number of benzene rings is 2. The number of aryl methyl sites for hydroxylation is 1. The number of ether oxygens (including phenoxy) is 1. The highest BCUT2D eigenvalue weighted by Crippen LogP contribution is 2.32. The number of rotatable bonds is 7. The topological polar surface area (TPSA) is 91.2 Å². The normalized spacial score (nSPS) is 10.7. The van der Waals surface area contributed by atoms with Crippen LogP contribution in [0.25, 0.3) is 0 Å². The minimum atomic E-state index is -0.356. The van der Waals surface area contributed by atoms with Crippen LogP contribution in [0.5, 0.6) is 5.75 Å². The van der Waals surface area contributed by atoms with Crippen molar-refractivity contribution in [2.24, 2.45) is 0 Å². The standard InChI is InChI=1S/C23H27N3O3/c1-16-9-10-20(18(13-16)23(2,3)4)29-15-22(28)26-19-8-6-5-7-17(19)14-25-21(27)11-12-24/h5-10,13H,11,14-15H2,1-4H3,(H,25,27)(H,26,28). The molecule has 0 saturated heterocycles. The van der Waals surface area contributed by atoms with Crippen molar-refractivity contribution < 1.29 is 14.3 Å². The van der Waals surface area contributed by atoms with Gasteiger partial charge < -0.3 is 15.4 Å². The van der Waals surface area contributed by atoms with Gasteiger partial charge in [0.15, 0.2) is 6.61 Å². The van der Waals surface area contributed by atoms with Crippen molar-refractivity contribution in [3.63, 3.8) is 0 Å². The van der Waals surface area contributed by atoms with E-state index in [1.165, 1.54) is 0 Å². The maximum atomic E-state index is 12.4. The first-order chi connectivity index (χ1) is 13.7. The van der Waals surface area contributed by atoms with Gasteiger partial charge in [0.2, 0.25) is 5.91 Å². The van der Waals surface area contributed by atoms with Crippen LogP contribution in [-0.2, 0) is 21.5 Å². The molecule has 29 heavy (non-hydrogen) atoms. The van der Waals surface area contributed by atoms with E-state index in [0.29, 0.717) is 11.4 Å². The highest BCUT2D eigenvalue weighted by atomic mass is 16.5. The van der Waals surface area contributed by atoms with Crippen LogP contribution in [0, 0.1) is 18.3 Å². The van der Waals surface area contributed by atoms with Gasteiger partial charge in [-0.2, -0.15) is 5.26 Å². The summed E-state index contributed by atoms with van der Waals surface area (Å²) in [4.78, 5) is 23.9. The molecule has 6 nitrogen and oxygen atoms in total. The molecule has 0 spiro atoms. The van der Waals surface area contributed by atoms with E-state index in [4.69, 9.17) is 10.00 Å².